The summed E-state index contributed by atoms with van der Waals surface area (Å²) in [4.78, 5) is 28.8. The molecule has 0 saturated heterocycles. The van der Waals surface area contributed by atoms with Crippen LogP contribution in [-0.2, 0) is 11.2 Å². The van der Waals surface area contributed by atoms with E-state index < -0.39 is 5.97 Å². The lowest BCUT2D eigenvalue weighted by molar-refractivity contribution is -0.142. The van der Waals surface area contributed by atoms with Gasteiger partial charge < -0.3 is 14.9 Å². The highest BCUT2D eigenvalue weighted by Crippen LogP contribution is 2.40. The van der Waals surface area contributed by atoms with Gasteiger partial charge in [-0.1, -0.05) is 18.5 Å². The second-order valence-corrected chi connectivity index (χ2v) is 7.79. The van der Waals surface area contributed by atoms with E-state index in [1.165, 1.54) is 0 Å². The number of aliphatic carboxylic acids is 1. The van der Waals surface area contributed by atoms with Crippen molar-refractivity contribution in [1.82, 2.24) is 15.5 Å². The number of pyridine rings is 1. The molecular weight excluding hydrogens is 346 g/mol. The standard InChI is InChI=1S/C20H25N3O4/c1-2-3-15-17-14(10-16(11-4-5-11)22-19(17)27-23-15)18(24)21-13-8-6-12(7-9-13)20(25)26/h10-13H,2-9H2,1H3,(H,21,24)(H,25,26). The second kappa shape index (κ2) is 7.29. The third kappa shape index (κ3) is 3.68. The van der Waals surface area contributed by atoms with Gasteiger partial charge in [0.25, 0.3) is 11.6 Å². The number of fused-ring (bicyclic) bond motifs is 1. The molecule has 0 radical (unpaired) electrons. The molecule has 4 rings (SSSR count). The Morgan fingerprint density at radius 1 is 1.22 bits per heavy atom. The number of aryl methyl sites for hydroxylation is 1. The van der Waals surface area contributed by atoms with Crippen LogP contribution in [0.3, 0.4) is 0 Å². The first-order chi connectivity index (χ1) is 13.1. The number of nitrogens with one attached hydrogen (secondary N) is 1. The zero-order chi connectivity index (χ0) is 19.0. The van der Waals surface area contributed by atoms with Crippen LogP contribution in [0.1, 0.15) is 79.5 Å². The van der Waals surface area contributed by atoms with E-state index in [-0.39, 0.29) is 17.9 Å². The summed E-state index contributed by atoms with van der Waals surface area (Å²) in [5, 5.41) is 17.1. The molecule has 2 saturated carbocycles. The maximum atomic E-state index is 13.1. The van der Waals surface area contributed by atoms with Crippen molar-refractivity contribution in [1.29, 1.82) is 0 Å². The molecule has 2 aliphatic carbocycles. The quantitative estimate of drug-likeness (QED) is 0.806. The molecule has 0 unspecified atom stereocenters. The van der Waals surface area contributed by atoms with Crippen LogP contribution in [-0.4, -0.2) is 33.2 Å². The molecule has 0 aromatic carbocycles. The number of carboxylic acids is 1. The number of rotatable bonds is 6. The lowest BCUT2D eigenvalue weighted by Crippen LogP contribution is -2.38. The van der Waals surface area contributed by atoms with E-state index in [2.05, 4.69) is 22.4 Å². The van der Waals surface area contributed by atoms with Gasteiger partial charge in [-0.05, 0) is 51.0 Å². The first-order valence-electron chi connectivity index (χ1n) is 9.89. The van der Waals surface area contributed by atoms with Gasteiger partial charge in [-0.2, -0.15) is 0 Å². The highest BCUT2D eigenvalue weighted by Gasteiger charge is 2.31. The number of hydrogen-bond acceptors (Lipinski definition) is 5. The van der Waals surface area contributed by atoms with Crippen LogP contribution >= 0.6 is 0 Å². The van der Waals surface area contributed by atoms with E-state index in [9.17, 15) is 9.59 Å². The SMILES string of the molecule is CCCc1noc2nc(C3CC3)cc(C(=O)NC3CCC(C(=O)O)CC3)c12. The lowest BCUT2D eigenvalue weighted by atomic mass is 9.86. The number of hydrogen-bond donors (Lipinski definition) is 2. The molecule has 2 aromatic heterocycles. The number of carbonyl (C=O) groups is 2. The number of carbonyl (C=O) groups excluding carboxylic acids is 1. The largest absolute Gasteiger partial charge is 0.481 e. The van der Waals surface area contributed by atoms with Gasteiger partial charge in [-0.15, -0.1) is 0 Å². The summed E-state index contributed by atoms with van der Waals surface area (Å²) >= 11 is 0. The predicted octanol–water partition coefficient (Wildman–Crippen LogP) is 3.43. The molecule has 2 aliphatic rings. The number of aromatic nitrogens is 2. The summed E-state index contributed by atoms with van der Waals surface area (Å²) < 4.78 is 5.44. The molecule has 0 atom stereocenters. The maximum absolute atomic E-state index is 13.1. The first-order valence-corrected chi connectivity index (χ1v) is 9.89. The average molecular weight is 371 g/mol. The molecular formula is C20H25N3O4. The third-order valence-electron chi connectivity index (χ3n) is 5.68. The topological polar surface area (TPSA) is 105 Å². The van der Waals surface area contributed by atoms with Crippen molar-refractivity contribution in [2.75, 3.05) is 0 Å². The Hall–Kier alpha value is -2.44. The van der Waals surface area contributed by atoms with E-state index in [1.54, 1.807) is 0 Å². The Labute approximate surface area is 157 Å². The van der Waals surface area contributed by atoms with Crippen LogP contribution in [0.5, 0.6) is 0 Å². The molecule has 2 aromatic rings. The molecule has 1 amide bonds. The average Bonchev–Trinajstić information content (AvgIpc) is 3.44. The highest BCUT2D eigenvalue weighted by molar-refractivity contribution is 6.06. The van der Waals surface area contributed by atoms with Gasteiger partial charge in [-0.3, -0.25) is 9.59 Å². The number of carboxylic acid groups (broad SMARTS) is 1. The van der Waals surface area contributed by atoms with E-state index in [1.807, 2.05) is 6.07 Å². The van der Waals surface area contributed by atoms with Gasteiger partial charge in [-0.25, -0.2) is 4.98 Å². The monoisotopic (exact) mass is 371 g/mol. The summed E-state index contributed by atoms with van der Waals surface area (Å²) in [7, 11) is 0. The Bertz CT molecular complexity index is 863. The van der Waals surface area contributed by atoms with Crippen molar-refractivity contribution in [3.05, 3.63) is 23.0 Å². The highest BCUT2D eigenvalue weighted by atomic mass is 16.5. The van der Waals surface area contributed by atoms with E-state index >= 15 is 0 Å². The molecule has 0 spiro atoms. The van der Waals surface area contributed by atoms with Crippen LogP contribution in [0, 0.1) is 5.92 Å². The number of nitrogens with zero attached hydrogens (tertiary/aromatic N) is 2. The van der Waals surface area contributed by atoms with Crippen LogP contribution in [0.15, 0.2) is 10.6 Å². The Morgan fingerprint density at radius 2 is 1.96 bits per heavy atom. The molecule has 0 bridgehead atoms. The fraction of sp³-hybridized carbons (Fsp3) is 0.600. The summed E-state index contributed by atoms with van der Waals surface area (Å²) in [5.41, 5.74) is 2.72. The van der Waals surface area contributed by atoms with Crippen LogP contribution < -0.4 is 5.32 Å². The summed E-state index contributed by atoms with van der Waals surface area (Å²) in [6, 6.07) is 1.91. The minimum absolute atomic E-state index is 0.00942. The zero-order valence-corrected chi connectivity index (χ0v) is 15.5. The predicted molar refractivity (Wildman–Crippen MR) is 98.6 cm³/mol. The smallest absolute Gasteiger partial charge is 0.306 e. The molecule has 7 heteroatoms. The van der Waals surface area contributed by atoms with Crippen molar-refractivity contribution in [2.45, 2.75) is 70.3 Å². The van der Waals surface area contributed by atoms with E-state index in [0.717, 1.165) is 42.5 Å². The fourth-order valence-electron chi connectivity index (χ4n) is 3.95. The minimum atomic E-state index is -0.738. The van der Waals surface area contributed by atoms with Crippen molar-refractivity contribution < 1.29 is 19.2 Å². The maximum Gasteiger partial charge on any atom is 0.306 e. The van der Waals surface area contributed by atoms with Crippen molar-refractivity contribution in [3.8, 4) is 0 Å². The third-order valence-corrected chi connectivity index (χ3v) is 5.68. The van der Waals surface area contributed by atoms with Crippen molar-refractivity contribution in [2.24, 2.45) is 5.92 Å². The molecule has 2 heterocycles. The molecule has 2 fully saturated rings. The molecule has 27 heavy (non-hydrogen) atoms. The van der Waals surface area contributed by atoms with Gasteiger partial charge in [0.1, 0.15) is 0 Å². The van der Waals surface area contributed by atoms with Gasteiger partial charge in [0, 0.05) is 17.7 Å². The lowest BCUT2D eigenvalue weighted by Gasteiger charge is -2.27. The van der Waals surface area contributed by atoms with E-state index in [4.69, 9.17) is 9.63 Å². The summed E-state index contributed by atoms with van der Waals surface area (Å²) in [5.74, 6) is -0.754. The van der Waals surface area contributed by atoms with E-state index in [0.29, 0.717) is 42.9 Å². The Balaban J connectivity index is 1.58. The molecule has 7 nitrogen and oxygen atoms in total. The van der Waals surface area contributed by atoms with Crippen LogP contribution in [0.2, 0.25) is 0 Å². The fourth-order valence-corrected chi connectivity index (χ4v) is 3.95. The zero-order valence-electron chi connectivity index (χ0n) is 15.5. The van der Waals surface area contributed by atoms with Crippen LogP contribution in [0.25, 0.3) is 11.1 Å². The first kappa shape index (κ1) is 17.9. The van der Waals surface area contributed by atoms with Gasteiger partial charge in [0.15, 0.2) is 0 Å². The molecule has 2 N–H and O–H groups in total. The van der Waals surface area contributed by atoms with Gasteiger partial charge in [0.2, 0.25) is 0 Å². The molecule has 144 valence electrons. The Kier molecular flexibility index (Phi) is 4.85. The van der Waals surface area contributed by atoms with Crippen molar-refractivity contribution in [3.63, 3.8) is 0 Å². The molecule has 0 aliphatic heterocycles. The normalized spacial score (nSPS) is 22.7. The summed E-state index contributed by atoms with van der Waals surface area (Å²) in [6.45, 7) is 2.06. The van der Waals surface area contributed by atoms with Crippen molar-refractivity contribution >= 4 is 23.0 Å². The van der Waals surface area contributed by atoms with Gasteiger partial charge in [0.05, 0.1) is 22.6 Å². The van der Waals surface area contributed by atoms with Crippen LogP contribution in [0.4, 0.5) is 0 Å². The second-order valence-electron chi connectivity index (χ2n) is 7.79. The van der Waals surface area contributed by atoms with Gasteiger partial charge >= 0.3 is 5.97 Å². The minimum Gasteiger partial charge on any atom is -0.481 e. The summed E-state index contributed by atoms with van der Waals surface area (Å²) in [6.07, 6.45) is 6.42. The number of amides is 1. The Morgan fingerprint density at radius 3 is 2.59 bits per heavy atom.